The third-order valence-corrected chi connectivity index (χ3v) is 15.8. The van der Waals surface area contributed by atoms with Crippen molar-refractivity contribution in [2.24, 2.45) is 23.7 Å². The molecule has 6 rings (SSSR count). The number of methoxy groups -OCH3 is 1. The Bertz CT molecular complexity index is 2110. The second-order valence-electron chi connectivity index (χ2n) is 21.5. The molecule has 18 atom stereocenters. The van der Waals surface area contributed by atoms with E-state index in [1.54, 1.807) is 33.9 Å². The zero-order valence-corrected chi connectivity index (χ0v) is 42.7. The summed E-state index contributed by atoms with van der Waals surface area (Å²) in [7, 11) is 5.35. The first kappa shape index (κ1) is 54.1. The summed E-state index contributed by atoms with van der Waals surface area (Å²) in [4.78, 5) is 23.1. The first-order chi connectivity index (χ1) is 31.9. The van der Waals surface area contributed by atoms with Crippen LogP contribution in [0, 0.1) is 23.7 Å². The van der Waals surface area contributed by atoms with Crippen LogP contribution in [0.3, 0.4) is 0 Å². The van der Waals surface area contributed by atoms with E-state index in [4.69, 9.17) is 23.7 Å². The molecule has 0 aliphatic carbocycles. The summed E-state index contributed by atoms with van der Waals surface area (Å²) in [6.07, 6.45) is -2.90. The van der Waals surface area contributed by atoms with Gasteiger partial charge >= 0.3 is 5.97 Å². The molecule has 1 aromatic carbocycles. The van der Waals surface area contributed by atoms with Crippen molar-refractivity contribution in [1.29, 1.82) is 0 Å². The van der Waals surface area contributed by atoms with Gasteiger partial charge in [-0.05, 0) is 110 Å². The van der Waals surface area contributed by atoms with E-state index in [2.05, 4.69) is 26.3 Å². The number of aromatic nitrogens is 4. The monoisotopic (exact) mass is 955 g/mol. The summed E-state index contributed by atoms with van der Waals surface area (Å²) < 4.78 is 34.0. The number of rotatable bonds is 11. The third kappa shape index (κ3) is 11.9. The van der Waals surface area contributed by atoms with Crippen LogP contribution in [0.2, 0.25) is 0 Å². The number of hydrogen-bond donors (Lipinski definition) is 5. The van der Waals surface area contributed by atoms with Crippen molar-refractivity contribution < 1.29 is 54.0 Å². The van der Waals surface area contributed by atoms with Crippen molar-refractivity contribution in [1.82, 2.24) is 29.8 Å². The van der Waals surface area contributed by atoms with Gasteiger partial charge in [-0.1, -0.05) is 45.0 Å². The Morgan fingerprint density at radius 3 is 2.40 bits per heavy atom. The van der Waals surface area contributed by atoms with Crippen LogP contribution in [-0.2, 0) is 41.4 Å². The van der Waals surface area contributed by atoms with Crippen LogP contribution < -0.4 is 0 Å². The lowest BCUT2D eigenvalue weighted by Gasteiger charge is -2.51. The second kappa shape index (κ2) is 22.1. The molecule has 2 aromatic heterocycles. The van der Waals surface area contributed by atoms with Crippen molar-refractivity contribution in [3.63, 3.8) is 0 Å². The highest BCUT2D eigenvalue weighted by Crippen LogP contribution is 2.45. The molecule has 382 valence electrons. The average Bonchev–Trinajstić information content (AvgIpc) is 3.74. The largest absolute Gasteiger partial charge is 0.459 e. The maximum atomic E-state index is 14.6. The Morgan fingerprint density at radius 2 is 1.71 bits per heavy atom. The highest BCUT2D eigenvalue weighted by atomic mass is 16.7. The number of hydrogen-bond acceptors (Lipinski definition) is 16. The Labute approximate surface area is 403 Å². The minimum absolute atomic E-state index is 0.163. The Balaban J connectivity index is 1.28. The van der Waals surface area contributed by atoms with Gasteiger partial charge in [0.15, 0.2) is 6.29 Å². The van der Waals surface area contributed by atoms with Crippen LogP contribution in [0.15, 0.2) is 42.7 Å². The summed E-state index contributed by atoms with van der Waals surface area (Å²) >= 11 is 0. The standard InChI is InChI=1S/C51H82N6O11/c1-14-41-51(10,63)44(59)33(6)56(12)26-29(2)24-49(8,62)46(31(4)42(32(5)47(61)67-41)40-25-50(9,64-13)45(60)34(7)66-40)68-48-43(58)39(22-30(3)65-48)55(11)21-19-37-28-57(54-53-37)27-35-17-18-38-36(23-35)16-15-20-52-38/h15-18,20,23,28-34,39-46,48,58-60,62-63H,14,19,21-22,24-27H2,1-13H3/t29-,30-,31+,32-,33-,34+,39+,40-,41-,42?,43-,44-,45+,46-,48+,49-,50-,51-/m1/s1. The normalized spacial score (nSPS) is 40.8. The summed E-state index contributed by atoms with van der Waals surface area (Å²) in [5.41, 5.74) is -1.59. The van der Waals surface area contributed by atoms with Crippen LogP contribution in [0.25, 0.3) is 10.9 Å². The van der Waals surface area contributed by atoms with Crippen LogP contribution in [-0.4, -0.2) is 180 Å². The highest BCUT2D eigenvalue weighted by Gasteiger charge is 2.55. The number of esters is 1. The summed E-state index contributed by atoms with van der Waals surface area (Å²) in [5.74, 6) is -3.09. The number of aliphatic hydroxyl groups is 5. The molecule has 17 heteroatoms. The molecule has 3 aliphatic heterocycles. The van der Waals surface area contributed by atoms with Gasteiger partial charge in [0.1, 0.15) is 30.0 Å². The molecule has 3 fully saturated rings. The molecule has 0 radical (unpaired) electrons. The van der Waals surface area contributed by atoms with Crippen LogP contribution in [0.4, 0.5) is 0 Å². The van der Waals surface area contributed by atoms with E-state index in [-0.39, 0.29) is 37.3 Å². The van der Waals surface area contributed by atoms with E-state index in [0.717, 1.165) is 22.2 Å². The number of aliphatic hydroxyl groups excluding tert-OH is 3. The number of likely N-dealkylation sites (N-methyl/N-ethyl adjacent to an activating group) is 2. The van der Waals surface area contributed by atoms with Gasteiger partial charge in [0.25, 0.3) is 0 Å². The van der Waals surface area contributed by atoms with E-state index in [9.17, 15) is 30.3 Å². The third-order valence-electron chi connectivity index (χ3n) is 15.8. The summed E-state index contributed by atoms with van der Waals surface area (Å²) in [5, 5.41) is 70.0. The van der Waals surface area contributed by atoms with Crippen molar-refractivity contribution >= 4 is 16.9 Å². The van der Waals surface area contributed by atoms with Crippen molar-refractivity contribution in [2.75, 3.05) is 34.3 Å². The topological polar surface area (TPSA) is 214 Å². The Morgan fingerprint density at radius 1 is 0.985 bits per heavy atom. The molecule has 5 N–H and O–H groups in total. The predicted octanol–water partition coefficient (Wildman–Crippen LogP) is 3.98. The van der Waals surface area contributed by atoms with Crippen LogP contribution in [0.1, 0.15) is 106 Å². The number of cyclic esters (lactones) is 1. The number of ether oxygens (including phenoxy) is 5. The van der Waals surface area contributed by atoms with Gasteiger partial charge < -0.3 is 59.0 Å². The molecule has 0 bridgehead atoms. The van der Waals surface area contributed by atoms with Gasteiger partial charge in [-0.2, -0.15) is 0 Å². The number of carbonyl (C=O) groups is 1. The minimum Gasteiger partial charge on any atom is -0.459 e. The molecular formula is C51H82N6O11. The fourth-order valence-corrected chi connectivity index (χ4v) is 11.6. The zero-order chi connectivity index (χ0) is 50.0. The Hall–Kier alpha value is -3.20. The van der Waals surface area contributed by atoms with E-state index in [1.165, 1.54) is 14.0 Å². The van der Waals surface area contributed by atoms with Crippen molar-refractivity contribution in [3.8, 4) is 0 Å². The van der Waals surface area contributed by atoms with Crippen LogP contribution >= 0.6 is 0 Å². The van der Waals surface area contributed by atoms with Gasteiger partial charge in [0.05, 0.1) is 59.3 Å². The second-order valence-corrected chi connectivity index (χ2v) is 21.5. The number of benzene rings is 1. The fraction of sp³-hybridized carbons (Fsp3) is 0.765. The predicted molar refractivity (Wildman–Crippen MR) is 256 cm³/mol. The van der Waals surface area contributed by atoms with Crippen LogP contribution in [0.5, 0.6) is 0 Å². The van der Waals surface area contributed by atoms with Gasteiger partial charge in [0.2, 0.25) is 0 Å². The molecule has 3 saturated heterocycles. The Kier molecular flexibility index (Phi) is 17.6. The van der Waals surface area contributed by atoms with Gasteiger partial charge in [-0.15, -0.1) is 5.10 Å². The number of nitrogens with zero attached hydrogens (tertiary/aromatic N) is 6. The van der Waals surface area contributed by atoms with Crippen molar-refractivity contribution in [2.45, 2.75) is 192 Å². The quantitative estimate of drug-likeness (QED) is 0.172. The van der Waals surface area contributed by atoms with Gasteiger partial charge in [0, 0.05) is 68.8 Å². The lowest BCUT2D eigenvalue weighted by atomic mass is 9.68. The van der Waals surface area contributed by atoms with E-state index >= 15 is 0 Å². The summed E-state index contributed by atoms with van der Waals surface area (Å²) in [6, 6.07) is 9.18. The first-order valence-electron chi connectivity index (χ1n) is 24.7. The average molecular weight is 955 g/mol. The molecule has 1 unspecified atom stereocenters. The van der Waals surface area contributed by atoms with E-state index in [1.807, 2.05) is 88.8 Å². The number of carbonyl (C=O) groups excluding carboxylic acids is 1. The fourth-order valence-electron chi connectivity index (χ4n) is 11.6. The highest BCUT2D eigenvalue weighted by molar-refractivity contribution is 5.78. The summed E-state index contributed by atoms with van der Waals surface area (Å²) in [6.45, 7) is 19.6. The molecule has 68 heavy (non-hydrogen) atoms. The van der Waals surface area contributed by atoms with Gasteiger partial charge in [-0.3, -0.25) is 9.78 Å². The smallest absolute Gasteiger partial charge is 0.309 e. The molecule has 17 nitrogen and oxygen atoms in total. The van der Waals surface area contributed by atoms with E-state index in [0.29, 0.717) is 32.5 Å². The van der Waals surface area contributed by atoms with Gasteiger partial charge in [-0.25, -0.2) is 4.68 Å². The molecule has 0 spiro atoms. The molecule has 0 saturated carbocycles. The molecule has 3 aromatic rings. The number of fused-ring (bicyclic) bond motifs is 1. The molecular weight excluding hydrogens is 873 g/mol. The first-order valence-corrected chi connectivity index (χ1v) is 24.7. The number of pyridine rings is 1. The maximum Gasteiger partial charge on any atom is 0.309 e. The lowest BCUT2D eigenvalue weighted by Crippen LogP contribution is -2.62. The van der Waals surface area contributed by atoms with E-state index < -0.39 is 95.6 Å². The SMILES string of the molecule is CC[C@H]1OC(=O)[C@H](C)C([C@H]2C[C@@](C)(OC)[C@@H](O)[C@H](C)O2)[C@H](C)[C@@H](O[C@@H]2O[C@H](C)C[C@H](N(C)CCc3cn(Cc4ccc5ncccc5c4)nn3)[C@H]2O)[C@](C)(O)C[C@@H](C)CN(C)[C@H](C)[C@@H](O)[C@]1(C)O. The molecule has 3 aliphatic rings. The maximum absolute atomic E-state index is 14.6. The van der Waals surface area contributed by atoms with Crippen molar-refractivity contribution in [3.05, 3.63) is 54.0 Å². The molecule has 5 heterocycles. The lowest BCUT2D eigenvalue weighted by molar-refractivity contribution is -0.302. The molecule has 0 amide bonds. The minimum atomic E-state index is -1.81. The zero-order valence-electron chi connectivity index (χ0n) is 42.7.